The van der Waals surface area contributed by atoms with E-state index in [9.17, 15) is 13.2 Å². The Morgan fingerprint density at radius 2 is 2.10 bits per heavy atom. The van der Waals surface area contributed by atoms with Crippen molar-refractivity contribution in [3.63, 3.8) is 0 Å². The van der Waals surface area contributed by atoms with Crippen LogP contribution in [-0.2, 0) is 26.2 Å². The van der Waals surface area contributed by atoms with Gasteiger partial charge in [-0.3, -0.25) is 9.36 Å². The maximum atomic E-state index is 12.2. The third-order valence-corrected chi connectivity index (χ3v) is 2.66. The summed E-state index contributed by atoms with van der Waals surface area (Å²) in [7, 11) is 0. The number of rotatable bonds is 8. The molecular weight excluding hydrogens is 271 g/mol. The van der Waals surface area contributed by atoms with Gasteiger partial charge in [-0.1, -0.05) is 0 Å². The van der Waals surface area contributed by atoms with Gasteiger partial charge in [0, 0.05) is 31.0 Å². The van der Waals surface area contributed by atoms with Crippen LogP contribution in [0.5, 0.6) is 0 Å². The first-order valence-corrected chi connectivity index (χ1v) is 6.26. The van der Waals surface area contributed by atoms with Gasteiger partial charge in [0.05, 0.1) is 18.4 Å². The molecule has 0 fully saturated rings. The molecule has 8 heteroatoms. The largest absolute Gasteiger partial charge is 0.307 e. The lowest BCUT2D eigenvalue weighted by molar-refractivity contribution is 0.122. The highest BCUT2D eigenvalue weighted by molar-refractivity contribution is 5.04. The Morgan fingerprint density at radius 1 is 1.25 bits per heavy atom. The molecule has 2 aromatic rings. The number of halogens is 3. The number of nitrogens with zero attached hydrogens (tertiary/aromatic N) is 4. The van der Waals surface area contributed by atoms with Gasteiger partial charge >= 0.3 is 0 Å². The standard InChI is InChI=1S/C12H16F3N5/c13-2-4-19-3-1-11(18-19)7-16-5-10-6-17-20(8-10)9-12(14)15/h1,3,6,8,12,16H,2,4-5,7,9H2. The number of hydrogen-bond donors (Lipinski definition) is 1. The van der Waals surface area contributed by atoms with Gasteiger partial charge in [-0.2, -0.15) is 10.2 Å². The summed E-state index contributed by atoms with van der Waals surface area (Å²) in [5.41, 5.74) is 1.63. The third-order valence-electron chi connectivity index (χ3n) is 2.66. The monoisotopic (exact) mass is 287 g/mol. The van der Waals surface area contributed by atoms with Crippen molar-refractivity contribution in [2.24, 2.45) is 0 Å². The van der Waals surface area contributed by atoms with Crippen LogP contribution in [0.1, 0.15) is 11.3 Å². The van der Waals surface area contributed by atoms with Crippen molar-refractivity contribution < 1.29 is 13.2 Å². The van der Waals surface area contributed by atoms with E-state index in [0.717, 1.165) is 11.3 Å². The molecule has 2 rings (SSSR count). The predicted octanol–water partition coefficient (Wildman–Crippen LogP) is 1.60. The molecule has 0 unspecified atom stereocenters. The fraction of sp³-hybridized carbons (Fsp3) is 0.500. The summed E-state index contributed by atoms with van der Waals surface area (Å²) in [5.74, 6) is 0. The van der Waals surface area contributed by atoms with Gasteiger partial charge in [0.25, 0.3) is 6.43 Å². The first kappa shape index (κ1) is 14.6. The van der Waals surface area contributed by atoms with Crippen molar-refractivity contribution in [1.82, 2.24) is 24.9 Å². The lowest BCUT2D eigenvalue weighted by Crippen LogP contribution is -2.13. The maximum Gasteiger partial charge on any atom is 0.257 e. The molecule has 2 aromatic heterocycles. The minimum Gasteiger partial charge on any atom is -0.307 e. The smallest absolute Gasteiger partial charge is 0.257 e. The van der Waals surface area contributed by atoms with Crippen molar-refractivity contribution in [2.45, 2.75) is 32.6 Å². The molecule has 20 heavy (non-hydrogen) atoms. The van der Waals surface area contributed by atoms with Crippen LogP contribution >= 0.6 is 0 Å². The first-order chi connectivity index (χ1) is 9.67. The Morgan fingerprint density at radius 3 is 2.85 bits per heavy atom. The molecule has 0 aliphatic carbocycles. The summed E-state index contributed by atoms with van der Waals surface area (Å²) in [6, 6.07) is 1.81. The number of aromatic nitrogens is 4. The third kappa shape index (κ3) is 4.37. The molecule has 0 aliphatic rings. The highest BCUT2D eigenvalue weighted by atomic mass is 19.3. The van der Waals surface area contributed by atoms with E-state index in [1.807, 2.05) is 6.07 Å². The summed E-state index contributed by atoms with van der Waals surface area (Å²) < 4.78 is 39.2. The average Bonchev–Trinajstić information content (AvgIpc) is 2.99. The number of alkyl halides is 3. The molecule has 1 N–H and O–H groups in total. The molecule has 0 saturated carbocycles. The lowest BCUT2D eigenvalue weighted by Gasteiger charge is -2.01. The normalized spacial score (nSPS) is 11.4. The van der Waals surface area contributed by atoms with Crippen LogP contribution in [-0.4, -0.2) is 32.7 Å². The van der Waals surface area contributed by atoms with Crippen LogP contribution in [0.25, 0.3) is 0 Å². The van der Waals surface area contributed by atoms with E-state index >= 15 is 0 Å². The number of hydrogen-bond acceptors (Lipinski definition) is 3. The van der Waals surface area contributed by atoms with Gasteiger partial charge in [-0.25, -0.2) is 13.2 Å². The molecule has 0 atom stereocenters. The zero-order valence-electron chi connectivity index (χ0n) is 10.8. The first-order valence-electron chi connectivity index (χ1n) is 6.26. The number of nitrogens with one attached hydrogen (secondary N) is 1. The molecule has 5 nitrogen and oxygen atoms in total. The van der Waals surface area contributed by atoms with Crippen molar-refractivity contribution in [2.75, 3.05) is 6.67 Å². The number of aryl methyl sites for hydroxylation is 1. The van der Waals surface area contributed by atoms with Crippen LogP contribution in [0.4, 0.5) is 13.2 Å². The molecule has 0 radical (unpaired) electrons. The fourth-order valence-corrected chi connectivity index (χ4v) is 1.78. The van der Waals surface area contributed by atoms with Crippen LogP contribution in [0.15, 0.2) is 24.7 Å². The van der Waals surface area contributed by atoms with Crippen LogP contribution in [0.2, 0.25) is 0 Å². The second-order valence-corrected chi connectivity index (χ2v) is 4.32. The second-order valence-electron chi connectivity index (χ2n) is 4.32. The molecule has 0 bridgehead atoms. The van der Waals surface area contributed by atoms with E-state index in [-0.39, 0.29) is 6.54 Å². The summed E-state index contributed by atoms with van der Waals surface area (Å²) in [5, 5.41) is 11.1. The molecule has 2 heterocycles. The zero-order chi connectivity index (χ0) is 14.4. The fourth-order valence-electron chi connectivity index (χ4n) is 1.78. The molecule has 0 aromatic carbocycles. The van der Waals surface area contributed by atoms with E-state index in [1.165, 1.54) is 9.36 Å². The molecular formula is C12H16F3N5. The molecule has 0 amide bonds. The van der Waals surface area contributed by atoms with E-state index in [0.29, 0.717) is 13.1 Å². The molecule has 0 aliphatic heterocycles. The predicted molar refractivity (Wildman–Crippen MR) is 67.0 cm³/mol. The summed E-state index contributed by atoms with van der Waals surface area (Å²) in [4.78, 5) is 0. The van der Waals surface area contributed by atoms with Gasteiger partial charge in [0.15, 0.2) is 0 Å². The zero-order valence-corrected chi connectivity index (χ0v) is 10.8. The van der Waals surface area contributed by atoms with Gasteiger partial charge in [0.1, 0.15) is 13.2 Å². The van der Waals surface area contributed by atoms with E-state index in [1.54, 1.807) is 18.6 Å². The quantitative estimate of drug-likeness (QED) is 0.802. The Kier molecular flexibility index (Phi) is 5.16. The lowest BCUT2D eigenvalue weighted by atomic mass is 10.3. The Hall–Kier alpha value is -1.83. The van der Waals surface area contributed by atoms with Crippen LogP contribution in [0, 0.1) is 0 Å². The molecule has 0 saturated heterocycles. The topological polar surface area (TPSA) is 47.7 Å². The summed E-state index contributed by atoms with van der Waals surface area (Å²) in [6.45, 7) is 0.449. The van der Waals surface area contributed by atoms with Crippen molar-refractivity contribution in [1.29, 1.82) is 0 Å². The maximum absolute atomic E-state index is 12.2. The van der Waals surface area contributed by atoms with Crippen LogP contribution < -0.4 is 5.32 Å². The van der Waals surface area contributed by atoms with Gasteiger partial charge < -0.3 is 5.32 Å². The van der Waals surface area contributed by atoms with E-state index < -0.39 is 19.6 Å². The van der Waals surface area contributed by atoms with Gasteiger partial charge in [0.2, 0.25) is 0 Å². The van der Waals surface area contributed by atoms with Gasteiger partial charge in [-0.05, 0) is 6.07 Å². The minimum atomic E-state index is -2.41. The van der Waals surface area contributed by atoms with Crippen molar-refractivity contribution in [3.8, 4) is 0 Å². The summed E-state index contributed by atoms with van der Waals surface area (Å²) >= 11 is 0. The summed E-state index contributed by atoms with van der Waals surface area (Å²) in [6.07, 6.45) is 2.45. The Labute approximate surface area is 114 Å². The Bertz CT molecular complexity index is 523. The Balaban J connectivity index is 1.75. The van der Waals surface area contributed by atoms with Crippen LogP contribution in [0.3, 0.4) is 0 Å². The molecule has 0 spiro atoms. The highest BCUT2D eigenvalue weighted by Gasteiger charge is 2.05. The second kappa shape index (κ2) is 7.09. The molecule has 110 valence electrons. The SMILES string of the molecule is FCCn1ccc(CNCc2cnn(CC(F)F)c2)n1. The highest BCUT2D eigenvalue weighted by Crippen LogP contribution is 2.02. The van der Waals surface area contributed by atoms with E-state index in [2.05, 4.69) is 15.5 Å². The average molecular weight is 287 g/mol. The van der Waals surface area contributed by atoms with E-state index in [4.69, 9.17) is 0 Å². The minimum absolute atomic E-state index is 0.250. The van der Waals surface area contributed by atoms with Crippen molar-refractivity contribution >= 4 is 0 Å². The van der Waals surface area contributed by atoms with Crippen molar-refractivity contribution in [3.05, 3.63) is 35.9 Å². The van der Waals surface area contributed by atoms with Gasteiger partial charge in [-0.15, -0.1) is 0 Å².